The van der Waals surface area contributed by atoms with Gasteiger partial charge >= 0.3 is 0 Å². The molecule has 0 unspecified atom stereocenters. The van der Waals surface area contributed by atoms with Crippen LogP contribution in [0.1, 0.15) is 16.7 Å². The largest absolute Gasteiger partial charge is 0.493 e. The van der Waals surface area contributed by atoms with Crippen LogP contribution >= 0.6 is 0 Å². The molecule has 130 valence electrons. The number of hydrogen-bond acceptors (Lipinski definition) is 7. The lowest BCUT2D eigenvalue weighted by Crippen LogP contribution is -2.19. The Morgan fingerprint density at radius 2 is 2.04 bits per heavy atom. The van der Waals surface area contributed by atoms with Gasteiger partial charge in [-0.1, -0.05) is 47.1 Å². The van der Waals surface area contributed by atoms with Crippen molar-refractivity contribution in [1.82, 2.24) is 20.3 Å². The molecule has 3 aromatic rings. The summed E-state index contributed by atoms with van der Waals surface area (Å²) >= 11 is 0. The van der Waals surface area contributed by atoms with Crippen molar-refractivity contribution in [2.75, 3.05) is 18.3 Å². The molecule has 0 aliphatic heterocycles. The Labute approximate surface area is 145 Å². The molecule has 3 N–H and O–H groups in total. The number of hydrogen-bond donors (Lipinski definition) is 2. The van der Waals surface area contributed by atoms with E-state index in [0.29, 0.717) is 24.7 Å². The van der Waals surface area contributed by atoms with Gasteiger partial charge in [0.1, 0.15) is 6.61 Å². The van der Waals surface area contributed by atoms with Gasteiger partial charge in [0.05, 0.1) is 13.7 Å². The number of aromatic nitrogens is 4. The van der Waals surface area contributed by atoms with Gasteiger partial charge in [-0.05, 0) is 29.0 Å². The highest BCUT2D eigenvalue weighted by Gasteiger charge is 2.12. The molecule has 0 saturated carbocycles. The highest BCUT2D eigenvalue weighted by Crippen LogP contribution is 2.32. The first-order valence-corrected chi connectivity index (χ1v) is 7.79. The fourth-order valence-electron chi connectivity index (χ4n) is 2.45. The van der Waals surface area contributed by atoms with Gasteiger partial charge in [-0.25, -0.2) is 0 Å². The lowest BCUT2D eigenvalue weighted by molar-refractivity contribution is 0.281. The Bertz CT molecular complexity index is 849. The Morgan fingerprint density at radius 3 is 2.76 bits per heavy atom. The first-order chi connectivity index (χ1) is 12.2. The molecule has 3 rings (SSSR count). The molecule has 0 saturated heterocycles. The molecule has 0 atom stereocenters. The first-order valence-electron chi connectivity index (χ1n) is 7.79. The predicted molar refractivity (Wildman–Crippen MR) is 93.8 cm³/mol. The number of nitrogen functional groups attached to an aromatic ring is 1. The molecule has 0 radical (unpaired) electrons. The Hall–Kier alpha value is -3.29. The molecule has 8 heteroatoms. The molecule has 1 heterocycles. The Morgan fingerprint density at radius 1 is 1.20 bits per heavy atom. The van der Waals surface area contributed by atoms with E-state index < -0.39 is 0 Å². The van der Waals surface area contributed by atoms with Crippen molar-refractivity contribution in [2.24, 2.45) is 0 Å². The van der Waals surface area contributed by atoms with Gasteiger partial charge in [0.25, 0.3) is 5.95 Å². The van der Waals surface area contributed by atoms with E-state index in [1.54, 1.807) is 7.11 Å². The molecule has 0 amide bonds. The lowest BCUT2D eigenvalue weighted by atomic mass is 10.1. The fourth-order valence-corrected chi connectivity index (χ4v) is 2.45. The molecular formula is C17H20N6O2. The van der Waals surface area contributed by atoms with Crippen LogP contribution in [0.5, 0.6) is 11.5 Å². The standard InChI is InChI=1S/C17H20N6O2/c1-12-5-3-6-13(9-12)11-25-16-14(7-4-8-15(16)24-2)10-19-23-17(18)20-21-22-23/h3-9,19H,10-11H2,1-2H3,(H2,18,20,22). The molecule has 8 nitrogen and oxygen atoms in total. The maximum atomic E-state index is 6.04. The van der Waals surface area contributed by atoms with E-state index >= 15 is 0 Å². The Balaban J connectivity index is 1.77. The smallest absolute Gasteiger partial charge is 0.260 e. The summed E-state index contributed by atoms with van der Waals surface area (Å²) in [6.07, 6.45) is 0. The van der Waals surface area contributed by atoms with Crippen LogP contribution in [-0.4, -0.2) is 27.4 Å². The van der Waals surface area contributed by atoms with Crippen molar-refractivity contribution in [1.29, 1.82) is 0 Å². The first kappa shape index (κ1) is 16.6. The normalized spacial score (nSPS) is 10.5. The zero-order valence-corrected chi connectivity index (χ0v) is 14.1. The second-order valence-electron chi connectivity index (χ2n) is 5.51. The summed E-state index contributed by atoms with van der Waals surface area (Å²) in [7, 11) is 1.62. The van der Waals surface area contributed by atoms with Gasteiger partial charge in [-0.2, -0.15) is 0 Å². The lowest BCUT2D eigenvalue weighted by Gasteiger charge is -2.16. The summed E-state index contributed by atoms with van der Waals surface area (Å²) in [5, 5.41) is 10.9. The van der Waals surface area contributed by atoms with Crippen LogP contribution in [0.25, 0.3) is 0 Å². The van der Waals surface area contributed by atoms with E-state index in [2.05, 4.69) is 40.0 Å². The number of para-hydroxylation sites is 1. The third-order valence-corrected chi connectivity index (χ3v) is 3.66. The molecule has 0 aliphatic rings. The average molecular weight is 340 g/mol. The summed E-state index contributed by atoms with van der Waals surface area (Å²) in [5.74, 6) is 1.52. The van der Waals surface area contributed by atoms with Crippen LogP contribution in [-0.2, 0) is 13.2 Å². The number of tetrazole rings is 1. The van der Waals surface area contributed by atoms with E-state index in [4.69, 9.17) is 15.2 Å². The van der Waals surface area contributed by atoms with Crippen LogP contribution in [0, 0.1) is 6.92 Å². The summed E-state index contributed by atoms with van der Waals surface area (Å²) in [6.45, 7) is 2.93. The number of anilines is 1. The van der Waals surface area contributed by atoms with Crippen molar-refractivity contribution in [3.63, 3.8) is 0 Å². The van der Waals surface area contributed by atoms with Gasteiger partial charge in [0.15, 0.2) is 11.5 Å². The molecule has 1 aromatic heterocycles. The number of aryl methyl sites for hydroxylation is 1. The van der Waals surface area contributed by atoms with Crippen molar-refractivity contribution in [3.8, 4) is 11.5 Å². The summed E-state index contributed by atoms with van der Waals surface area (Å²) in [4.78, 5) is 1.31. The monoisotopic (exact) mass is 340 g/mol. The third-order valence-electron chi connectivity index (χ3n) is 3.66. The van der Waals surface area contributed by atoms with Crippen LogP contribution in [0.3, 0.4) is 0 Å². The maximum absolute atomic E-state index is 6.04. The quantitative estimate of drug-likeness (QED) is 0.677. The van der Waals surface area contributed by atoms with Gasteiger partial charge < -0.3 is 20.6 Å². The maximum Gasteiger partial charge on any atom is 0.260 e. The van der Waals surface area contributed by atoms with Crippen LogP contribution < -0.4 is 20.6 Å². The number of benzene rings is 2. The van der Waals surface area contributed by atoms with E-state index in [1.165, 1.54) is 10.4 Å². The molecule has 0 bridgehead atoms. The third kappa shape index (κ3) is 3.97. The van der Waals surface area contributed by atoms with Crippen molar-refractivity contribution < 1.29 is 9.47 Å². The fraction of sp³-hybridized carbons (Fsp3) is 0.235. The minimum absolute atomic E-state index is 0.185. The minimum atomic E-state index is 0.185. The molecule has 0 fully saturated rings. The molecule has 0 spiro atoms. The topological polar surface area (TPSA) is 100 Å². The summed E-state index contributed by atoms with van der Waals surface area (Å²) < 4.78 is 11.5. The van der Waals surface area contributed by atoms with Crippen molar-refractivity contribution in [2.45, 2.75) is 20.1 Å². The molecule has 2 aromatic carbocycles. The average Bonchev–Trinajstić information content (AvgIpc) is 3.03. The Kier molecular flexibility index (Phi) is 4.98. The number of nitrogens with two attached hydrogens (primary N) is 1. The van der Waals surface area contributed by atoms with Crippen LogP contribution in [0.4, 0.5) is 5.95 Å². The number of nitrogens with one attached hydrogen (secondary N) is 1. The molecule has 25 heavy (non-hydrogen) atoms. The van der Waals surface area contributed by atoms with E-state index in [-0.39, 0.29) is 5.95 Å². The zero-order valence-electron chi connectivity index (χ0n) is 14.1. The number of methoxy groups -OCH3 is 1. The van der Waals surface area contributed by atoms with Crippen molar-refractivity contribution in [3.05, 3.63) is 59.2 Å². The zero-order chi connectivity index (χ0) is 17.6. The second kappa shape index (κ2) is 7.52. The van der Waals surface area contributed by atoms with Gasteiger partial charge in [-0.3, -0.25) is 0 Å². The van der Waals surface area contributed by atoms with E-state index in [0.717, 1.165) is 11.1 Å². The number of ether oxygens (including phenoxy) is 2. The van der Waals surface area contributed by atoms with E-state index in [9.17, 15) is 0 Å². The minimum Gasteiger partial charge on any atom is -0.493 e. The van der Waals surface area contributed by atoms with Gasteiger partial charge in [-0.15, -0.1) is 4.79 Å². The molecular weight excluding hydrogens is 320 g/mol. The highest BCUT2D eigenvalue weighted by molar-refractivity contribution is 5.47. The summed E-state index contributed by atoms with van der Waals surface area (Å²) in [6, 6.07) is 13.9. The SMILES string of the molecule is COc1cccc(CNn2nnnc2N)c1OCc1cccc(C)c1. The second-order valence-corrected chi connectivity index (χ2v) is 5.51. The number of nitrogens with zero attached hydrogens (tertiary/aromatic N) is 4. The van der Waals surface area contributed by atoms with Crippen LogP contribution in [0.15, 0.2) is 42.5 Å². The number of rotatable bonds is 7. The summed E-state index contributed by atoms with van der Waals surface area (Å²) in [5.41, 5.74) is 11.9. The van der Waals surface area contributed by atoms with Gasteiger partial charge in [0.2, 0.25) is 0 Å². The highest BCUT2D eigenvalue weighted by atomic mass is 16.5. The predicted octanol–water partition coefficient (Wildman–Crippen LogP) is 1.90. The van der Waals surface area contributed by atoms with Gasteiger partial charge in [0, 0.05) is 5.56 Å². The molecule has 0 aliphatic carbocycles. The van der Waals surface area contributed by atoms with Crippen LogP contribution in [0.2, 0.25) is 0 Å². The van der Waals surface area contributed by atoms with Crippen molar-refractivity contribution >= 4 is 5.95 Å². The van der Waals surface area contributed by atoms with E-state index in [1.807, 2.05) is 30.3 Å².